The molecule has 10 heavy (non-hydrogen) atoms. The molecule has 1 unspecified atom stereocenters. The molecule has 1 aliphatic heterocycles. The molecule has 3 atom stereocenters. The van der Waals surface area contributed by atoms with Crippen LogP contribution in [0.1, 0.15) is 0 Å². The molecule has 1 fully saturated rings. The molecule has 4 heteroatoms. The Morgan fingerprint density at radius 2 is 2.10 bits per heavy atom. The maximum Gasteiger partial charge on any atom is 0.142 e. The van der Waals surface area contributed by atoms with Gasteiger partial charge in [-0.15, -0.1) is 0 Å². The predicted octanol–water partition coefficient (Wildman–Crippen LogP) is -0.994. The van der Waals surface area contributed by atoms with Crippen LogP contribution in [0.4, 0.5) is 0 Å². The highest BCUT2D eigenvalue weighted by atomic mass is 16.6. The monoisotopic (exact) mass is 144 g/mol. The van der Waals surface area contributed by atoms with E-state index in [1.165, 1.54) is 0 Å². The number of methoxy groups -OCH3 is 2. The van der Waals surface area contributed by atoms with E-state index in [4.69, 9.17) is 14.2 Å². The Morgan fingerprint density at radius 3 is 2.50 bits per heavy atom. The van der Waals surface area contributed by atoms with Gasteiger partial charge in [-0.25, -0.2) is 0 Å². The minimum absolute atomic E-state index is 0.102. The zero-order valence-corrected chi connectivity index (χ0v) is 6.66. The van der Waals surface area contributed by atoms with Crippen LogP contribution in [0, 0.1) is 0 Å². The Hall–Kier alpha value is -0.0551. The van der Waals surface area contributed by atoms with Crippen molar-refractivity contribution in [3.05, 3.63) is 0 Å². The van der Waals surface area contributed by atoms with Crippen molar-refractivity contribution in [1.82, 2.24) is 0 Å². The molecule has 1 heterocycles. The molecule has 0 radical (unpaired) electrons. The maximum atomic E-state index is 5.31. The lowest BCUT2D eigenvalue weighted by atomic mass is 9.94. The summed E-state index contributed by atoms with van der Waals surface area (Å²) in [4.78, 5) is 0. The second-order valence-electron chi connectivity index (χ2n) is 2.51. The van der Waals surface area contributed by atoms with Crippen LogP contribution in [-0.2, 0) is 14.2 Å². The van der Waals surface area contributed by atoms with E-state index in [9.17, 15) is 0 Å². The van der Waals surface area contributed by atoms with Gasteiger partial charge in [0.15, 0.2) is 0 Å². The first-order valence-corrected chi connectivity index (χ1v) is 3.46. The lowest BCUT2D eigenvalue weighted by Crippen LogP contribution is -2.33. The summed E-state index contributed by atoms with van der Waals surface area (Å²) in [6.45, 7) is 0.649. The molecule has 0 aliphatic carbocycles. The van der Waals surface area contributed by atoms with Crippen molar-refractivity contribution in [3.63, 3.8) is 0 Å². The predicted molar refractivity (Wildman–Crippen MR) is 39.9 cm³/mol. The van der Waals surface area contributed by atoms with Crippen LogP contribution in [0.25, 0.3) is 0 Å². The first-order chi connectivity index (χ1) is 4.79. The fourth-order valence-corrected chi connectivity index (χ4v) is 1.28. The number of hydrogen-bond acceptors (Lipinski definition) is 3. The fraction of sp³-hybridized carbons (Fsp3) is 1.00. The van der Waals surface area contributed by atoms with Crippen LogP contribution < -0.4 is 0 Å². The van der Waals surface area contributed by atoms with Gasteiger partial charge in [-0.3, -0.25) is 0 Å². The van der Waals surface area contributed by atoms with Gasteiger partial charge in [-0.1, -0.05) is 0 Å². The van der Waals surface area contributed by atoms with Gasteiger partial charge >= 0.3 is 0 Å². The van der Waals surface area contributed by atoms with Crippen LogP contribution in [-0.4, -0.2) is 46.9 Å². The minimum atomic E-state index is 0.102. The van der Waals surface area contributed by atoms with Crippen LogP contribution in [0.2, 0.25) is 0 Å². The normalized spacial score (nSPS) is 40.4. The quantitative estimate of drug-likeness (QED) is 0.465. The molecule has 1 rings (SSSR count). The number of hydrogen-bond donors (Lipinski definition) is 0. The van der Waals surface area contributed by atoms with Gasteiger partial charge in [0.2, 0.25) is 0 Å². The maximum absolute atomic E-state index is 5.31. The topological polar surface area (TPSA) is 27.7 Å². The Bertz CT molecular complexity index is 109. The number of ether oxygens (including phenoxy) is 3. The summed E-state index contributed by atoms with van der Waals surface area (Å²) in [6, 6.07) is 0.162. The van der Waals surface area contributed by atoms with Gasteiger partial charge in [0, 0.05) is 14.2 Å². The molecule has 0 saturated carbocycles. The first-order valence-electron chi connectivity index (χ1n) is 3.46. The summed E-state index contributed by atoms with van der Waals surface area (Å²) < 4.78 is 15.6. The summed E-state index contributed by atoms with van der Waals surface area (Å²) >= 11 is 0. The van der Waals surface area contributed by atoms with Gasteiger partial charge in [0.1, 0.15) is 20.1 Å². The van der Waals surface area contributed by atoms with Crippen LogP contribution in [0.15, 0.2) is 0 Å². The highest BCUT2D eigenvalue weighted by Crippen LogP contribution is 2.16. The molecule has 58 valence electrons. The molecule has 0 aromatic carbocycles. The minimum Gasteiger partial charge on any atom is -0.382 e. The highest BCUT2D eigenvalue weighted by Gasteiger charge is 2.34. The fourth-order valence-electron chi connectivity index (χ4n) is 1.28. The molecule has 0 spiro atoms. The van der Waals surface area contributed by atoms with Crippen LogP contribution >= 0.6 is 0 Å². The van der Waals surface area contributed by atoms with Gasteiger partial charge in [0.05, 0.1) is 12.6 Å². The lowest BCUT2D eigenvalue weighted by molar-refractivity contribution is -0.00967. The molecule has 1 saturated heterocycles. The van der Waals surface area contributed by atoms with Crippen molar-refractivity contribution in [2.75, 3.05) is 20.8 Å². The van der Waals surface area contributed by atoms with Crippen molar-refractivity contribution in [2.45, 2.75) is 18.2 Å². The molecule has 3 nitrogen and oxygen atoms in total. The van der Waals surface area contributed by atoms with Crippen LogP contribution in [0.5, 0.6) is 0 Å². The van der Waals surface area contributed by atoms with Crippen LogP contribution in [0.3, 0.4) is 0 Å². The summed E-state index contributed by atoms with van der Waals surface area (Å²) in [5, 5.41) is 0. The zero-order valence-electron chi connectivity index (χ0n) is 6.66. The molecule has 0 N–H and O–H groups in total. The van der Waals surface area contributed by atoms with Crippen molar-refractivity contribution < 1.29 is 14.2 Å². The van der Waals surface area contributed by atoms with Crippen molar-refractivity contribution in [2.24, 2.45) is 0 Å². The zero-order chi connectivity index (χ0) is 7.56. The average molecular weight is 144 g/mol. The molecular formula is C6H13BO3. The van der Waals surface area contributed by atoms with Crippen molar-refractivity contribution in [1.29, 1.82) is 0 Å². The highest BCUT2D eigenvalue weighted by molar-refractivity contribution is 6.11. The molecule has 0 amide bonds. The van der Waals surface area contributed by atoms with E-state index in [2.05, 4.69) is 0 Å². The van der Waals surface area contributed by atoms with Crippen molar-refractivity contribution >= 4 is 7.85 Å². The first kappa shape index (κ1) is 8.05. The van der Waals surface area contributed by atoms with E-state index in [1.807, 2.05) is 7.85 Å². The van der Waals surface area contributed by atoms with E-state index >= 15 is 0 Å². The van der Waals surface area contributed by atoms with Gasteiger partial charge in [-0.05, 0) is 0 Å². The summed E-state index contributed by atoms with van der Waals surface area (Å²) in [7, 11) is 5.35. The summed E-state index contributed by atoms with van der Waals surface area (Å²) in [6.07, 6.45) is 0.213. The summed E-state index contributed by atoms with van der Waals surface area (Å²) in [5.74, 6) is 0. The smallest absolute Gasteiger partial charge is 0.142 e. The van der Waals surface area contributed by atoms with E-state index in [1.54, 1.807) is 14.2 Å². The van der Waals surface area contributed by atoms with E-state index in [0.29, 0.717) is 6.61 Å². The van der Waals surface area contributed by atoms with E-state index in [0.717, 1.165) is 0 Å². The Morgan fingerprint density at radius 1 is 1.40 bits per heavy atom. The molecule has 0 aromatic rings. The van der Waals surface area contributed by atoms with Gasteiger partial charge in [0.25, 0.3) is 0 Å². The van der Waals surface area contributed by atoms with Gasteiger partial charge < -0.3 is 14.2 Å². The molecule has 1 aliphatic rings. The lowest BCUT2D eigenvalue weighted by Gasteiger charge is -2.17. The SMILES string of the molecule is B[C@@H]1OCC(OC)[C@@H]1OC. The third-order valence-electron chi connectivity index (χ3n) is 1.93. The van der Waals surface area contributed by atoms with Crippen molar-refractivity contribution in [3.8, 4) is 0 Å². The Kier molecular flexibility index (Phi) is 2.71. The molecule has 0 bridgehead atoms. The standard InChI is InChI=1S/C6H13BO3/c1-8-4-3-10-6(7)5(4)9-2/h4-6H,3,7H2,1-2H3/t4?,5-,6+/m0/s1. The average Bonchev–Trinajstić information content (AvgIpc) is 2.30. The number of rotatable bonds is 2. The van der Waals surface area contributed by atoms with E-state index in [-0.39, 0.29) is 18.2 Å². The largest absolute Gasteiger partial charge is 0.382 e. The molecule has 0 aromatic heterocycles. The Balaban J connectivity index is 2.45. The Labute approximate surface area is 62.1 Å². The molecular weight excluding hydrogens is 131 g/mol. The van der Waals surface area contributed by atoms with E-state index < -0.39 is 0 Å². The third kappa shape index (κ3) is 1.33. The third-order valence-corrected chi connectivity index (χ3v) is 1.93. The van der Waals surface area contributed by atoms with Gasteiger partial charge in [-0.2, -0.15) is 0 Å². The summed E-state index contributed by atoms with van der Waals surface area (Å²) in [5.41, 5.74) is 0. The second-order valence-corrected chi connectivity index (χ2v) is 2.51. The second kappa shape index (κ2) is 3.37.